The first kappa shape index (κ1) is 19.7. The minimum atomic E-state index is -3.51. The van der Waals surface area contributed by atoms with Crippen molar-refractivity contribution in [3.63, 3.8) is 0 Å². The van der Waals surface area contributed by atoms with Gasteiger partial charge in [0.2, 0.25) is 10.0 Å². The van der Waals surface area contributed by atoms with Crippen LogP contribution in [0.3, 0.4) is 0 Å². The number of hydrogen-bond donors (Lipinski definition) is 1. The summed E-state index contributed by atoms with van der Waals surface area (Å²) in [5.41, 5.74) is 0.962. The summed E-state index contributed by atoms with van der Waals surface area (Å²) >= 11 is 0. The van der Waals surface area contributed by atoms with E-state index >= 15 is 0 Å². The molecule has 0 bridgehead atoms. The fourth-order valence-electron chi connectivity index (χ4n) is 3.61. The van der Waals surface area contributed by atoms with Crippen LogP contribution in [0.4, 0.5) is 5.69 Å². The summed E-state index contributed by atoms with van der Waals surface area (Å²) in [4.78, 5) is 12.8. The molecule has 1 N–H and O–H groups in total. The Morgan fingerprint density at radius 3 is 2.52 bits per heavy atom. The highest BCUT2D eigenvalue weighted by Gasteiger charge is 2.28. The molecule has 1 saturated heterocycles. The smallest absolute Gasteiger partial charge is 0.255 e. The van der Waals surface area contributed by atoms with Crippen molar-refractivity contribution in [1.29, 1.82) is 0 Å². The van der Waals surface area contributed by atoms with Gasteiger partial charge >= 0.3 is 0 Å². The second-order valence-corrected chi connectivity index (χ2v) is 9.39. The SMILES string of the molecule is CC1CCCN(S(=O)(=O)c2ccc(NC(=O)c3ccc4c(c3)OCCO4)cc2)C1. The van der Waals surface area contributed by atoms with E-state index in [2.05, 4.69) is 12.2 Å². The first-order chi connectivity index (χ1) is 13.9. The van der Waals surface area contributed by atoms with Gasteiger partial charge in [0.25, 0.3) is 5.91 Å². The van der Waals surface area contributed by atoms with Gasteiger partial charge in [0.1, 0.15) is 13.2 Å². The molecule has 2 heterocycles. The zero-order valence-electron chi connectivity index (χ0n) is 16.3. The van der Waals surface area contributed by atoms with Crippen LogP contribution >= 0.6 is 0 Å². The Kier molecular flexibility index (Phi) is 5.47. The first-order valence-corrected chi connectivity index (χ1v) is 11.2. The summed E-state index contributed by atoms with van der Waals surface area (Å²) < 4.78 is 38.2. The minimum Gasteiger partial charge on any atom is -0.486 e. The third kappa shape index (κ3) is 4.23. The number of carbonyl (C=O) groups excluding carboxylic acids is 1. The molecule has 2 aliphatic rings. The molecule has 2 aromatic rings. The lowest BCUT2D eigenvalue weighted by Crippen LogP contribution is -2.39. The number of ether oxygens (including phenoxy) is 2. The van der Waals surface area contributed by atoms with Gasteiger partial charge in [-0.1, -0.05) is 6.92 Å². The van der Waals surface area contributed by atoms with Gasteiger partial charge in [0, 0.05) is 24.3 Å². The molecule has 0 spiro atoms. The lowest BCUT2D eigenvalue weighted by Gasteiger charge is -2.30. The normalized spacial score (nSPS) is 19.6. The third-order valence-corrected chi connectivity index (χ3v) is 7.05. The van der Waals surface area contributed by atoms with E-state index in [1.165, 1.54) is 12.1 Å². The van der Waals surface area contributed by atoms with E-state index in [-0.39, 0.29) is 10.8 Å². The van der Waals surface area contributed by atoms with Crippen molar-refractivity contribution in [3.05, 3.63) is 48.0 Å². The van der Waals surface area contributed by atoms with E-state index in [0.29, 0.717) is 55.0 Å². The van der Waals surface area contributed by atoms with E-state index in [1.807, 2.05) is 0 Å². The Morgan fingerprint density at radius 1 is 1.07 bits per heavy atom. The van der Waals surface area contributed by atoms with Crippen molar-refractivity contribution < 1.29 is 22.7 Å². The molecular formula is C21H24N2O5S. The molecule has 8 heteroatoms. The number of hydrogen-bond acceptors (Lipinski definition) is 5. The molecule has 0 aromatic heterocycles. The predicted molar refractivity (Wildman–Crippen MR) is 109 cm³/mol. The van der Waals surface area contributed by atoms with Gasteiger partial charge in [-0.05, 0) is 61.2 Å². The quantitative estimate of drug-likeness (QED) is 0.828. The second kappa shape index (κ2) is 8.04. The maximum absolute atomic E-state index is 12.8. The number of rotatable bonds is 4. The van der Waals surface area contributed by atoms with Gasteiger partial charge in [0.15, 0.2) is 11.5 Å². The van der Waals surface area contributed by atoms with Gasteiger partial charge in [-0.2, -0.15) is 4.31 Å². The van der Waals surface area contributed by atoms with E-state index in [4.69, 9.17) is 9.47 Å². The summed E-state index contributed by atoms with van der Waals surface area (Å²) in [6, 6.07) is 11.3. The van der Waals surface area contributed by atoms with E-state index in [9.17, 15) is 13.2 Å². The number of carbonyl (C=O) groups is 1. The van der Waals surface area contributed by atoms with Gasteiger partial charge in [-0.25, -0.2) is 8.42 Å². The van der Waals surface area contributed by atoms with Gasteiger partial charge in [-0.15, -0.1) is 0 Å². The van der Waals surface area contributed by atoms with E-state index < -0.39 is 10.0 Å². The number of fused-ring (bicyclic) bond motifs is 1. The standard InChI is InChI=1S/C21H24N2O5S/c1-15-3-2-10-23(14-15)29(25,26)18-7-5-17(6-8-18)22-21(24)16-4-9-19-20(13-16)28-12-11-27-19/h4-9,13,15H,2-3,10-12,14H2,1H3,(H,22,24). The van der Waals surface area contributed by atoms with Crippen LogP contribution < -0.4 is 14.8 Å². The molecule has 1 atom stereocenters. The molecule has 0 radical (unpaired) electrons. The number of nitrogens with one attached hydrogen (secondary N) is 1. The Bertz CT molecular complexity index is 1000. The van der Waals surface area contributed by atoms with Crippen LogP contribution in [0.15, 0.2) is 47.4 Å². The van der Waals surface area contributed by atoms with Crippen molar-refractivity contribution in [2.24, 2.45) is 5.92 Å². The molecule has 1 amide bonds. The first-order valence-electron chi connectivity index (χ1n) is 9.75. The Balaban J connectivity index is 1.46. The zero-order chi connectivity index (χ0) is 20.4. The van der Waals surface area contributed by atoms with Crippen LogP contribution in [0.1, 0.15) is 30.1 Å². The topological polar surface area (TPSA) is 84.9 Å². The van der Waals surface area contributed by atoms with Crippen molar-refractivity contribution in [2.45, 2.75) is 24.7 Å². The van der Waals surface area contributed by atoms with Crippen molar-refractivity contribution in [1.82, 2.24) is 4.31 Å². The summed E-state index contributed by atoms with van der Waals surface area (Å²) in [5.74, 6) is 1.22. The number of sulfonamides is 1. The Morgan fingerprint density at radius 2 is 1.79 bits per heavy atom. The second-order valence-electron chi connectivity index (χ2n) is 7.45. The Hall–Kier alpha value is -2.58. The molecule has 7 nitrogen and oxygen atoms in total. The largest absolute Gasteiger partial charge is 0.486 e. The molecular weight excluding hydrogens is 392 g/mol. The highest BCUT2D eigenvalue weighted by Crippen LogP contribution is 2.31. The molecule has 0 aliphatic carbocycles. The highest BCUT2D eigenvalue weighted by atomic mass is 32.2. The summed E-state index contributed by atoms with van der Waals surface area (Å²) in [6.45, 7) is 4.10. The zero-order valence-corrected chi connectivity index (χ0v) is 17.1. The molecule has 2 aliphatic heterocycles. The molecule has 154 valence electrons. The number of benzene rings is 2. The van der Waals surface area contributed by atoms with Crippen LogP contribution in [0.2, 0.25) is 0 Å². The van der Waals surface area contributed by atoms with Crippen LogP contribution in [0, 0.1) is 5.92 Å². The monoisotopic (exact) mass is 416 g/mol. The summed E-state index contributed by atoms with van der Waals surface area (Å²) in [6.07, 6.45) is 1.93. The van der Waals surface area contributed by atoms with Crippen LogP contribution in [-0.2, 0) is 10.0 Å². The molecule has 29 heavy (non-hydrogen) atoms. The van der Waals surface area contributed by atoms with Gasteiger partial charge in [-0.3, -0.25) is 4.79 Å². The third-order valence-electron chi connectivity index (χ3n) is 5.17. The van der Waals surface area contributed by atoms with Crippen molar-refractivity contribution >= 4 is 21.6 Å². The average Bonchev–Trinajstić information content (AvgIpc) is 2.74. The molecule has 0 saturated carbocycles. The number of nitrogens with zero attached hydrogens (tertiary/aromatic N) is 1. The number of amides is 1. The van der Waals surface area contributed by atoms with Gasteiger partial charge in [0.05, 0.1) is 4.90 Å². The summed E-state index contributed by atoms with van der Waals surface area (Å²) in [7, 11) is -3.51. The molecule has 2 aromatic carbocycles. The van der Waals surface area contributed by atoms with E-state index in [0.717, 1.165) is 12.8 Å². The number of piperidine rings is 1. The van der Waals surface area contributed by atoms with Crippen molar-refractivity contribution in [3.8, 4) is 11.5 Å². The molecule has 1 unspecified atom stereocenters. The minimum absolute atomic E-state index is 0.240. The van der Waals surface area contributed by atoms with Crippen LogP contribution in [0.5, 0.6) is 11.5 Å². The fraction of sp³-hybridized carbons (Fsp3) is 0.381. The molecule has 1 fully saturated rings. The summed E-state index contributed by atoms with van der Waals surface area (Å²) in [5, 5.41) is 2.79. The fourth-order valence-corrected chi connectivity index (χ4v) is 5.21. The Labute approximate surface area is 170 Å². The van der Waals surface area contributed by atoms with E-state index in [1.54, 1.807) is 34.6 Å². The van der Waals surface area contributed by atoms with Crippen LogP contribution in [-0.4, -0.2) is 44.9 Å². The number of anilines is 1. The average molecular weight is 416 g/mol. The predicted octanol–water partition coefficient (Wildman–Crippen LogP) is 3.13. The molecule has 4 rings (SSSR count). The van der Waals surface area contributed by atoms with Crippen LogP contribution in [0.25, 0.3) is 0 Å². The maximum Gasteiger partial charge on any atom is 0.255 e. The lowest BCUT2D eigenvalue weighted by molar-refractivity contribution is 0.102. The van der Waals surface area contributed by atoms with Crippen molar-refractivity contribution in [2.75, 3.05) is 31.6 Å². The lowest BCUT2D eigenvalue weighted by atomic mass is 10.0. The van der Waals surface area contributed by atoms with Gasteiger partial charge < -0.3 is 14.8 Å². The maximum atomic E-state index is 12.8. The highest BCUT2D eigenvalue weighted by molar-refractivity contribution is 7.89.